The molecule has 0 amide bonds. The summed E-state index contributed by atoms with van der Waals surface area (Å²) in [6.07, 6.45) is 0. The maximum atomic E-state index is 5.00. The van der Waals surface area contributed by atoms with Gasteiger partial charge in [0, 0.05) is 16.7 Å². The lowest BCUT2D eigenvalue weighted by atomic mass is 9.55. The van der Waals surface area contributed by atoms with Gasteiger partial charge in [-0.25, -0.2) is 15.0 Å². The van der Waals surface area contributed by atoms with Gasteiger partial charge in [0.2, 0.25) is 0 Å². The lowest BCUT2D eigenvalue weighted by molar-refractivity contribution is 0.299. The Morgan fingerprint density at radius 2 is 0.860 bits per heavy atom. The van der Waals surface area contributed by atoms with Crippen LogP contribution in [0.15, 0.2) is 152 Å². The standard InChI is InChI=1S/C47H37N3/c1-46(2)41-27-34(24-25-38(41)40-29-39-35(28-42(40)47(46,3)4)23-22-30-14-11-12-21-37(30)39)33-19-13-20-36(26-33)45-49-43(31-15-7-5-8-16-31)48-44(50-45)32-17-9-6-10-18-32/h5-29H,1-4H3. The zero-order chi connectivity index (χ0) is 34.0. The molecule has 1 aromatic heterocycles. The third kappa shape index (κ3) is 4.76. The first-order chi connectivity index (χ1) is 24.3. The van der Waals surface area contributed by atoms with Crippen molar-refractivity contribution in [3.05, 3.63) is 163 Å². The molecule has 1 heterocycles. The van der Waals surface area contributed by atoms with Crippen molar-refractivity contribution >= 4 is 21.5 Å². The summed E-state index contributed by atoms with van der Waals surface area (Å²) >= 11 is 0. The van der Waals surface area contributed by atoms with E-state index in [1.165, 1.54) is 49.4 Å². The summed E-state index contributed by atoms with van der Waals surface area (Å²) < 4.78 is 0. The van der Waals surface area contributed by atoms with E-state index in [2.05, 4.69) is 119 Å². The van der Waals surface area contributed by atoms with E-state index in [-0.39, 0.29) is 10.8 Å². The zero-order valence-electron chi connectivity index (χ0n) is 28.8. The second-order valence-corrected chi connectivity index (χ2v) is 14.5. The van der Waals surface area contributed by atoms with Crippen molar-refractivity contribution < 1.29 is 0 Å². The predicted molar refractivity (Wildman–Crippen MR) is 208 cm³/mol. The molecule has 240 valence electrons. The van der Waals surface area contributed by atoms with Gasteiger partial charge >= 0.3 is 0 Å². The number of hydrogen-bond donors (Lipinski definition) is 0. The van der Waals surface area contributed by atoms with Crippen LogP contribution in [0, 0.1) is 0 Å². The fourth-order valence-corrected chi connectivity index (χ4v) is 7.72. The summed E-state index contributed by atoms with van der Waals surface area (Å²) in [6, 6.07) is 54.1. The van der Waals surface area contributed by atoms with Crippen LogP contribution in [0.2, 0.25) is 0 Å². The Balaban J connectivity index is 1.18. The summed E-state index contributed by atoms with van der Waals surface area (Å²) in [4.78, 5) is 14.9. The summed E-state index contributed by atoms with van der Waals surface area (Å²) in [7, 11) is 0. The Morgan fingerprint density at radius 1 is 0.340 bits per heavy atom. The number of fused-ring (bicyclic) bond motifs is 6. The first-order valence-corrected chi connectivity index (χ1v) is 17.4. The molecule has 0 saturated heterocycles. The van der Waals surface area contributed by atoms with Crippen molar-refractivity contribution in [2.75, 3.05) is 0 Å². The Morgan fingerprint density at radius 3 is 1.54 bits per heavy atom. The third-order valence-corrected chi connectivity index (χ3v) is 11.3. The Bertz CT molecular complexity index is 2530. The van der Waals surface area contributed by atoms with E-state index in [1.54, 1.807) is 0 Å². The highest BCUT2D eigenvalue weighted by Crippen LogP contribution is 2.55. The van der Waals surface area contributed by atoms with Gasteiger partial charge in [0.25, 0.3) is 0 Å². The molecule has 0 unspecified atom stereocenters. The monoisotopic (exact) mass is 643 g/mol. The Labute approximate surface area is 293 Å². The third-order valence-electron chi connectivity index (χ3n) is 11.3. The van der Waals surface area contributed by atoms with Crippen LogP contribution in [0.25, 0.3) is 78.0 Å². The van der Waals surface area contributed by atoms with Gasteiger partial charge in [-0.2, -0.15) is 0 Å². The number of aromatic nitrogens is 3. The highest BCUT2D eigenvalue weighted by Gasteiger charge is 2.46. The van der Waals surface area contributed by atoms with Crippen LogP contribution in [0.1, 0.15) is 38.8 Å². The largest absolute Gasteiger partial charge is 0.208 e. The minimum absolute atomic E-state index is 0.0950. The minimum Gasteiger partial charge on any atom is -0.208 e. The zero-order valence-corrected chi connectivity index (χ0v) is 28.8. The first kappa shape index (κ1) is 30.2. The molecule has 0 bridgehead atoms. The van der Waals surface area contributed by atoms with Crippen molar-refractivity contribution in [1.82, 2.24) is 15.0 Å². The molecule has 50 heavy (non-hydrogen) atoms. The van der Waals surface area contributed by atoms with Gasteiger partial charge in [0.15, 0.2) is 17.5 Å². The van der Waals surface area contributed by atoms with Gasteiger partial charge < -0.3 is 0 Å². The van der Waals surface area contributed by atoms with Crippen molar-refractivity contribution in [3.8, 4) is 56.4 Å². The van der Waals surface area contributed by atoms with E-state index in [0.717, 1.165) is 22.3 Å². The molecule has 3 heteroatoms. The van der Waals surface area contributed by atoms with E-state index in [9.17, 15) is 0 Å². The Hall–Kier alpha value is -5.93. The molecule has 7 aromatic carbocycles. The topological polar surface area (TPSA) is 38.7 Å². The van der Waals surface area contributed by atoms with Crippen molar-refractivity contribution in [2.45, 2.75) is 38.5 Å². The summed E-state index contributed by atoms with van der Waals surface area (Å²) in [6.45, 7) is 9.62. The van der Waals surface area contributed by atoms with Crippen LogP contribution in [-0.2, 0) is 10.8 Å². The van der Waals surface area contributed by atoms with Crippen LogP contribution in [0.4, 0.5) is 0 Å². The van der Waals surface area contributed by atoms with E-state index in [1.807, 2.05) is 60.7 Å². The van der Waals surface area contributed by atoms with Crippen LogP contribution in [0.5, 0.6) is 0 Å². The summed E-state index contributed by atoms with van der Waals surface area (Å²) in [5.41, 5.74) is 10.4. The molecule has 3 nitrogen and oxygen atoms in total. The van der Waals surface area contributed by atoms with Crippen LogP contribution < -0.4 is 0 Å². The van der Waals surface area contributed by atoms with E-state index in [4.69, 9.17) is 15.0 Å². The van der Waals surface area contributed by atoms with E-state index in [0.29, 0.717) is 17.5 Å². The smallest absolute Gasteiger partial charge is 0.164 e. The molecule has 8 aromatic rings. The van der Waals surface area contributed by atoms with Crippen molar-refractivity contribution in [2.24, 2.45) is 0 Å². The molecule has 0 fully saturated rings. The number of benzene rings is 7. The predicted octanol–water partition coefficient (Wildman–Crippen LogP) is 12.1. The SMILES string of the molecule is CC1(C)c2cc(-c3cccc(-c4nc(-c5ccccc5)nc(-c5ccccc5)n4)c3)ccc2-c2cc3c(ccc4ccccc43)cc2C1(C)C. The lowest BCUT2D eigenvalue weighted by Crippen LogP contribution is -2.43. The molecule has 1 aliphatic rings. The average Bonchev–Trinajstić information content (AvgIpc) is 3.17. The molecule has 0 N–H and O–H groups in total. The molecule has 0 radical (unpaired) electrons. The van der Waals surface area contributed by atoms with Crippen LogP contribution >= 0.6 is 0 Å². The van der Waals surface area contributed by atoms with Crippen molar-refractivity contribution in [1.29, 1.82) is 0 Å². The number of hydrogen-bond acceptors (Lipinski definition) is 3. The molecule has 0 atom stereocenters. The molecule has 0 spiro atoms. The van der Waals surface area contributed by atoms with Gasteiger partial charge in [0.1, 0.15) is 0 Å². The molecular formula is C47H37N3. The minimum atomic E-state index is -0.114. The second-order valence-electron chi connectivity index (χ2n) is 14.5. The van der Waals surface area contributed by atoms with E-state index >= 15 is 0 Å². The fourth-order valence-electron chi connectivity index (χ4n) is 7.72. The van der Waals surface area contributed by atoms with Crippen molar-refractivity contribution in [3.63, 3.8) is 0 Å². The van der Waals surface area contributed by atoms with Gasteiger partial charge in [-0.3, -0.25) is 0 Å². The molecule has 0 aliphatic heterocycles. The molecule has 9 rings (SSSR count). The second kappa shape index (κ2) is 11.3. The first-order valence-electron chi connectivity index (χ1n) is 17.4. The maximum Gasteiger partial charge on any atom is 0.164 e. The van der Waals surface area contributed by atoms with Crippen LogP contribution in [-0.4, -0.2) is 15.0 Å². The normalized spacial score (nSPS) is 14.3. The molecular weight excluding hydrogens is 607 g/mol. The summed E-state index contributed by atoms with van der Waals surface area (Å²) in [5.74, 6) is 1.99. The van der Waals surface area contributed by atoms with Gasteiger partial charge in [-0.1, -0.05) is 155 Å². The fraction of sp³-hybridized carbons (Fsp3) is 0.128. The highest BCUT2D eigenvalue weighted by atomic mass is 15.0. The maximum absolute atomic E-state index is 5.00. The van der Waals surface area contributed by atoms with E-state index < -0.39 is 0 Å². The van der Waals surface area contributed by atoms with Gasteiger partial charge in [0.05, 0.1) is 0 Å². The molecule has 1 aliphatic carbocycles. The molecule has 0 saturated carbocycles. The quantitative estimate of drug-likeness (QED) is 0.179. The van der Waals surface area contributed by atoms with Gasteiger partial charge in [-0.05, 0) is 90.0 Å². The van der Waals surface area contributed by atoms with Gasteiger partial charge in [-0.15, -0.1) is 0 Å². The number of rotatable bonds is 4. The lowest BCUT2D eigenvalue weighted by Gasteiger charge is -2.48. The highest BCUT2D eigenvalue weighted by molar-refractivity contribution is 6.09. The Kier molecular flexibility index (Phi) is 6.82. The van der Waals surface area contributed by atoms with Crippen LogP contribution in [0.3, 0.4) is 0 Å². The summed E-state index contributed by atoms with van der Waals surface area (Å²) in [5, 5.41) is 5.18. The number of nitrogens with zero attached hydrogens (tertiary/aromatic N) is 3. The average molecular weight is 644 g/mol.